The van der Waals surface area contributed by atoms with E-state index in [9.17, 15) is 14.4 Å². The normalized spacial score (nSPS) is 27.3. The van der Waals surface area contributed by atoms with Gasteiger partial charge < -0.3 is 10.2 Å². The van der Waals surface area contributed by atoms with Crippen molar-refractivity contribution in [2.75, 3.05) is 6.54 Å². The van der Waals surface area contributed by atoms with Crippen LogP contribution in [0.15, 0.2) is 18.2 Å². The molecular weight excluding hydrogens is 294 g/mol. The summed E-state index contributed by atoms with van der Waals surface area (Å²) in [4.78, 5) is 37.5. The van der Waals surface area contributed by atoms with E-state index in [2.05, 4.69) is 16.7 Å². The Balaban J connectivity index is 1.57. The van der Waals surface area contributed by atoms with Crippen LogP contribution in [-0.2, 0) is 16.1 Å². The Labute approximate surface area is 134 Å². The minimum Gasteiger partial charge on any atom is -0.322 e. The van der Waals surface area contributed by atoms with Crippen molar-refractivity contribution in [3.63, 3.8) is 0 Å². The van der Waals surface area contributed by atoms with Gasteiger partial charge in [-0.25, -0.2) is 0 Å². The molecule has 2 fully saturated rings. The van der Waals surface area contributed by atoms with Gasteiger partial charge in [0.25, 0.3) is 5.91 Å². The summed E-state index contributed by atoms with van der Waals surface area (Å²) in [5.74, 6) is -0.731. The summed E-state index contributed by atoms with van der Waals surface area (Å²) in [5.41, 5.74) is 2.86. The van der Waals surface area contributed by atoms with Crippen molar-refractivity contribution in [2.45, 2.75) is 44.3 Å². The molecule has 0 aromatic heterocycles. The van der Waals surface area contributed by atoms with Crippen molar-refractivity contribution in [1.29, 1.82) is 0 Å². The fraction of sp³-hybridized carbons (Fsp3) is 0.471. The van der Waals surface area contributed by atoms with Gasteiger partial charge in [0.2, 0.25) is 11.8 Å². The highest BCUT2D eigenvalue weighted by Gasteiger charge is 2.39. The second-order valence-corrected chi connectivity index (χ2v) is 6.47. The second-order valence-electron chi connectivity index (χ2n) is 6.47. The van der Waals surface area contributed by atoms with Crippen molar-refractivity contribution in [1.82, 2.24) is 15.5 Å². The number of nitrogens with zero attached hydrogens (tertiary/aromatic N) is 1. The lowest BCUT2D eigenvalue weighted by atomic mass is 10.00. The Morgan fingerprint density at radius 3 is 2.74 bits per heavy atom. The molecule has 3 amide bonds. The van der Waals surface area contributed by atoms with Crippen LogP contribution in [0.25, 0.3) is 0 Å². The lowest BCUT2D eigenvalue weighted by Gasteiger charge is -2.29. The number of imide groups is 1. The molecule has 23 heavy (non-hydrogen) atoms. The quantitative estimate of drug-likeness (QED) is 0.794. The van der Waals surface area contributed by atoms with Crippen molar-refractivity contribution < 1.29 is 14.4 Å². The van der Waals surface area contributed by atoms with Crippen molar-refractivity contribution in [2.24, 2.45) is 0 Å². The summed E-state index contributed by atoms with van der Waals surface area (Å²) in [6.45, 7) is 1.48. The van der Waals surface area contributed by atoms with Crippen LogP contribution in [0.2, 0.25) is 0 Å². The van der Waals surface area contributed by atoms with Crippen LogP contribution in [0.1, 0.15) is 53.2 Å². The molecule has 0 bridgehead atoms. The van der Waals surface area contributed by atoms with Crippen LogP contribution >= 0.6 is 0 Å². The number of fused-ring (bicyclic) bond motifs is 1. The van der Waals surface area contributed by atoms with Crippen LogP contribution < -0.4 is 10.6 Å². The summed E-state index contributed by atoms with van der Waals surface area (Å²) in [6, 6.07) is 5.79. The monoisotopic (exact) mass is 313 g/mol. The number of amides is 3. The maximum Gasteiger partial charge on any atom is 0.255 e. The molecule has 2 unspecified atom stereocenters. The van der Waals surface area contributed by atoms with Crippen LogP contribution in [0.5, 0.6) is 0 Å². The van der Waals surface area contributed by atoms with Crippen molar-refractivity contribution in [3.05, 3.63) is 34.9 Å². The van der Waals surface area contributed by atoms with Crippen LogP contribution in [0, 0.1) is 0 Å². The number of nitrogens with one attached hydrogen (secondary N) is 2. The predicted molar refractivity (Wildman–Crippen MR) is 82.5 cm³/mol. The maximum atomic E-state index is 12.6. The largest absolute Gasteiger partial charge is 0.322 e. The minimum absolute atomic E-state index is 0.111. The van der Waals surface area contributed by atoms with Gasteiger partial charge in [0.05, 0.1) is 0 Å². The predicted octanol–water partition coefficient (Wildman–Crippen LogP) is 0.872. The number of carbonyl (C=O) groups is 3. The highest BCUT2D eigenvalue weighted by atomic mass is 16.2. The number of benzene rings is 1. The zero-order valence-corrected chi connectivity index (χ0v) is 12.8. The number of rotatable bonds is 2. The SMILES string of the molecule is O=C1CCC(N2Cc3cc(C4CCCN4)ccc3C2=O)C(=O)N1. The highest BCUT2D eigenvalue weighted by Crippen LogP contribution is 2.31. The molecule has 0 saturated carbocycles. The van der Waals surface area contributed by atoms with Gasteiger partial charge in [-0.05, 0) is 43.0 Å². The van der Waals surface area contributed by atoms with Crippen LogP contribution in [-0.4, -0.2) is 35.2 Å². The van der Waals surface area contributed by atoms with Crippen LogP contribution in [0.4, 0.5) is 0 Å². The van der Waals surface area contributed by atoms with Crippen LogP contribution in [0.3, 0.4) is 0 Å². The summed E-state index contributed by atoms with van der Waals surface area (Å²) >= 11 is 0. The molecule has 4 rings (SSSR count). The molecule has 1 aromatic carbocycles. The topological polar surface area (TPSA) is 78.5 Å². The third kappa shape index (κ3) is 2.43. The zero-order chi connectivity index (χ0) is 16.0. The molecule has 6 nitrogen and oxygen atoms in total. The van der Waals surface area contributed by atoms with E-state index in [-0.39, 0.29) is 24.1 Å². The standard InChI is InChI=1S/C17H19N3O3/c21-15-6-5-14(16(22)19-15)20-9-11-8-10(13-2-1-7-18-13)3-4-12(11)17(20)23/h3-4,8,13-14,18H,1-2,5-7,9H2,(H,19,21,22). The highest BCUT2D eigenvalue weighted by molar-refractivity contribution is 6.05. The molecule has 2 N–H and O–H groups in total. The van der Waals surface area contributed by atoms with Gasteiger partial charge in [-0.1, -0.05) is 12.1 Å². The van der Waals surface area contributed by atoms with E-state index in [1.807, 2.05) is 12.1 Å². The van der Waals surface area contributed by atoms with Crippen molar-refractivity contribution >= 4 is 17.7 Å². The summed E-state index contributed by atoms with van der Waals surface area (Å²) in [7, 11) is 0. The lowest BCUT2D eigenvalue weighted by molar-refractivity contribution is -0.136. The summed E-state index contributed by atoms with van der Waals surface area (Å²) in [5, 5.41) is 5.79. The molecule has 6 heteroatoms. The molecule has 3 heterocycles. The molecule has 120 valence electrons. The first-order valence-electron chi connectivity index (χ1n) is 8.14. The van der Waals surface area contributed by atoms with Gasteiger partial charge in [-0.3, -0.25) is 19.7 Å². The average Bonchev–Trinajstić information content (AvgIpc) is 3.16. The molecule has 2 atom stereocenters. The average molecular weight is 313 g/mol. The smallest absolute Gasteiger partial charge is 0.255 e. The number of hydrogen-bond donors (Lipinski definition) is 2. The molecule has 2 saturated heterocycles. The first-order valence-corrected chi connectivity index (χ1v) is 8.14. The van der Waals surface area contributed by atoms with E-state index in [0.29, 0.717) is 24.6 Å². The Morgan fingerprint density at radius 2 is 2.00 bits per heavy atom. The Bertz CT molecular complexity index is 694. The Kier molecular flexibility index (Phi) is 3.41. The van der Waals surface area contributed by atoms with Gasteiger partial charge in [0, 0.05) is 24.6 Å². The first kappa shape index (κ1) is 14.4. The molecule has 0 spiro atoms. The lowest BCUT2D eigenvalue weighted by Crippen LogP contribution is -2.52. The molecule has 1 aromatic rings. The summed E-state index contributed by atoms with van der Waals surface area (Å²) < 4.78 is 0. The van der Waals surface area contributed by atoms with Crippen molar-refractivity contribution in [3.8, 4) is 0 Å². The molecule has 0 radical (unpaired) electrons. The van der Waals surface area contributed by atoms with E-state index >= 15 is 0 Å². The molecule has 3 aliphatic rings. The number of carbonyl (C=O) groups excluding carboxylic acids is 3. The molecule has 0 aliphatic carbocycles. The van der Waals surface area contributed by atoms with Gasteiger partial charge >= 0.3 is 0 Å². The maximum absolute atomic E-state index is 12.6. The second kappa shape index (κ2) is 5.45. The fourth-order valence-corrected chi connectivity index (χ4v) is 3.78. The van der Waals surface area contributed by atoms with E-state index in [1.54, 1.807) is 4.90 Å². The van der Waals surface area contributed by atoms with E-state index in [0.717, 1.165) is 18.5 Å². The first-order chi connectivity index (χ1) is 11.1. The van der Waals surface area contributed by atoms with Gasteiger partial charge in [0.1, 0.15) is 6.04 Å². The van der Waals surface area contributed by atoms with Gasteiger partial charge in [-0.2, -0.15) is 0 Å². The minimum atomic E-state index is -0.541. The summed E-state index contributed by atoms with van der Waals surface area (Å²) in [6.07, 6.45) is 2.97. The zero-order valence-electron chi connectivity index (χ0n) is 12.8. The third-order valence-corrected chi connectivity index (χ3v) is 5.01. The van der Waals surface area contributed by atoms with E-state index < -0.39 is 6.04 Å². The van der Waals surface area contributed by atoms with E-state index in [4.69, 9.17) is 0 Å². The molecular formula is C17H19N3O3. The third-order valence-electron chi connectivity index (χ3n) is 5.01. The number of hydrogen-bond acceptors (Lipinski definition) is 4. The fourth-order valence-electron chi connectivity index (χ4n) is 3.78. The number of piperidine rings is 1. The van der Waals surface area contributed by atoms with E-state index in [1.165, 1.54) is 12.0 Å². The van der Waals surface area contributed by atoms with Gasteiger partial charge in [0.15, 0.2) is 0 Å². The Morgan fingerprint density at radius 1 is 1.13 bits per heavy atom. The Hall–Kier alpha value is -2.21. The van der Waals surface area contributed by atoms with Gasteiger partial charge in [-0.15, -0.1) is 0 Å². The molecule has 3 aliphatic heterocycles.